The van der Waals surface area contributed by atoms with Gasteiger partial charge in [0.2, 0.25) is 0 Å². The minimum Gasteiger partial charge on any atom is -0.398 e. The van der Waals surface area contributed by atoms with Crippen LogP contribution in [-0.2, 0) is 0 Å². The van der Waals surface area contributed by atoms with Crippen molar-refractivity contribution in [1.29, 1.82) is 0 Å². The summed E-state index contributed by atoms with van der Waals surface area (Å²) in [5.41, 5.74) is 4.50. The topological polar surface area (TPSA) is 26.0 Å². The van der Waals surface area contributed by atoms with Gasteiger partial charge in [0.1, 0.15) is 0 Å². The Hall–Kier alpha value is -1.05. The van der Waals surface area contributed by atoms with Gasteiger partial charge in [-0.25, -0.2) is 4.39 Å². The zero-order chi connectivity index (χ0) is 13.4. The number of alkyl halides is 6. The van der Waals surface area contributed by atoms with Crippen molar-refractivity contribution in [2.45, 2.75) is 23.2 Å². The molecule has 1 rings (SSSR count). The first-order valence-corrected chi connectivity index (χ1v) is 4.69. The van der Waals surface area contributed by atoms with E-state index in [0.29, 0.717) is 0 Å². The minimum atomic E-state index is -5.95. The van der Waals surface area contributed by atoms with E-state index in [1.807, 2.05) is 0 Å². The highest BCUT2D eigenvalue weighted by Gasteiger charge is 2.63. The number of hydrogen-bond donors (Lipinski definition) is 2. The van der Waals surface area contributed by atoms with Crippen molar-refractivity contribution in [1.82, 2.24) is 0 Å². The Morgan fingerprint density at radius 2 is 1.65 bits per heavy atom. The summed E-state index contributed by atoms with van der Waals surface area (Å²) in [7, 11) is 0. The summed E-state index contributed by atoms with van der Waals surface area (Å²) in [6.45, 7) is 0. The van der Waals surface area contributed by atoms with Gasteiger partial charge in [-0.2, -0.15) is 22.0 Å². The lowest BCUT2D eigenvalue weighted by Gasteiger charge is -2.23. The second-order valence-electron chi connectivity index (χ2n) is 3.30. The molecule has 0 saturated heterocycles. The molecule has 1 aromatic carbocycles. The largest absolute Gasteiger partial charge is 0.456 e. The molecule has 0 heterocycles. The molecule has 17 heavy (non-hydrogen) atoms. The van der Waals surface area contributed by atoms with Crippen LogP contribution < -0.4 is 5.73 Å². The first-order valence-electron chi connectivity index (χ1n) is 4.24. The van der Waals surface area contributed by atoms with Crippen molar-refractivity contribution in [2.24, 2.45) is 0 Å². The molecular formula is C9H7F6NS. The third-order valence-electron chi connectivity index (χ3n) is 2.04. The summed E-state index contributed by atoms with van der Waals surface area (Å²) in [6, 6.07) is 2.51. The predicted octanol–water partition coefficient (Wildman–Crippen LogP) is 3.77. The maximum Gasteiger partial charge on any atom is 0.456 e. The number of nitrogen functional groups attached to an aromatic ring is 1. The maximum absolute atomic E-state index is 13.2. The van der Waals surface area contributed by atoms with Crippen LogP contribution in [0.4, 0.5) is 32.0 Å². The maximum atomic E-state index is 13.2. The van der Waals surface area contributed by atoms with Gasteiger partial charge in [0.05, 0.1) is 0 Å². The summed E-state index contributed by atoms with van der Waals surface area (Å²) in [4.78, 5) is -0.0666. The molecule has 8 heteroatoms. The van der Waals surface area contributed by atoms with Crippen LogP contribution in [-0.4, -0.2) is 12.1 Å². The molecule has 0 spiro atoms. The zero-order valence-corrected chi connectivity index (χ0v) is 9.00. The minimum absolute atomic E-state index is 0.0552. The van der Waals surface area contributed by atoms with E-state index in [9.17, 15) is 26.3 Å². The molecule has 0 aliphatic heterocycles. The summed E-state index contributed by atoms with van der Waals surface area (Å²) in [5.74, 6) is -5.46. The molecule has 1 unspecified atom stereocenters. The summed E-state index contributed by atoms with van der Waals surface area (Å²) in [5, 5.41) is 0. The molecule has 0 fully saturated rings. The summed E-state index contributed by atoms with van der Waals surface area (Å²) in [6.07, 6.45) is -9.45. The van der Waals surface area contributed by atoms with E-state index in [4.69, 9.17) is 5.73 Å². The van der Waals surface area contributed by atoms with Gasteiger partial charge in [-0.3, -0.25) is 0 Å². The molecular weight excluding hydrogens is 268 g/mol. The predicted molar refractivity (Wildman–Crippen MR) is 53.0 cm³/mol. The van der Waals surface area contributed by atoms with Crippen molar-refractivity contribution in [3.05, 3.63) is 23.8 Å². The third-order valence-corrected chi connectivity index (χ3v) is 2.43. The Morgan fingerprint density at radius 3 is 2.06 bits per heavy atom. The second kappa shape index (κ2) is 4.32. The molecule has 0 aliphatic carbocycles. The fourth-order valence-corrected chi connectivity index (χ4v) is 1.29. The van der Waals surface area contributed by atoms with Crippen LogP contribution in [0, 0.1) is 0 Å². The van der Waals surface area contributed by atoms with Gasteiger partial charge in [-0.15, -0.1) is 12.6 Å². The highest BCUT2D eigenvalue weighted by Crippen LogP contribution is 2.46. The first kappa shape index (κ1) is 14.0. The van der Waals surface area contributed by atoms with Crippen LogP contribution in [0.25, 0.3) is 0 Å². The van der Waals surface area contributed by atoms with Gasteiger partial charge in [-0.05, 0) is 17.7 Å². The Balaban J connectivity index is 3.12. The number of thiol groups is 1. The Kier molecular flexibility index (Phi) is 3.56. The molecule has 1 nitrogen and oxygen atoms in total. The number of anilines is 1. The zero-order valence-electron chi connectivity index (χ0n) is 8.10. The standard InChI is InChI=1S/C9H7F6NS/c10-7(8(11,12)9(13,14)15)4-1-2-5(16)6(17)3-4/h1-3,7,17H,16H2. The lowest BCUT2D eigenvalue weighted by atomic mass is 10.0. The van der Waals surface area contributed by atoms with Gasteiger partial charge >= 0.3 is 12.1 Å². The molecule has 96 valence electrons. The van der Waals surface area contributed by atoms with Gasteiger partial charge < -0.3 is 5.73 Å². The molecule has 0 amide bonds. The van der Waals surface area contributed by atoms with Crippen molar-refractivity contribution in [3.63, 3.8) is 0 Å². The molecule has 1 aromatic rings. The molecule has 1 atom stereocenters. The number of benzene rings is 1. The fourth-order valence-electron chi connectivity index (χ4n) is 1.07. The summed E-state index contributed by atoms with van der Waals surface area (Å²) >= 11 is 3.71. The van der Waals surface area contributed by atoms with Crippen LogP contribution in [0.3, 0.4) is 0 Å². The normalized spacial score (nSPS) is 14.8. The molecule has 0 aromatic heterocycles. The van der Waals surface area contributed by atoms with E-state index in [1.54, 1.807) is 0 Å². The molecule has 0 aliphatic rings. The Labute approximate surface area is 98.0 Å². The quantitative estimate of drug-likeness (QED) is 0.479. The lowest BCUT2D eigenvalue weighted by molar-refractivity contribution is -0.305. The first-order chi connectivity index (χ1) is 7.57. The van der Waals surface area contributed by atoms with E-state index in [-0.39, 0.29) is 10.6 Å². The van der Waals surface area contributed by atoms with Gasteiger partial charge in [-0.1, -0.05) is 6.07 Å². The highest BCUT2D eigenvalue weighted by molar-refractivity contribution is 7.80. The van der Waals surface area contributed by atoms with Crippen molar-refractivity contribution in [3.8, 4) is 0 Å². The highest BCUT2D eigenvalue weighted by atomic mass is 32.1. The van der Waals surface area contributed by atoms with Crippen LogP contribution in [0.1, 0.15) is 11.7 Å². The van der Waals surface area contributed by atoms with E-state index in [0.717, 1.165) is 18.2 Å². The SMILES string of the molecule is Nc1ccc(C(F)C(F)(F)C(F)(F)F)cc1S. The van der Waals surface area contributed by atoms with Crippen LogP contribution in [0.15, 0.2) is 23.1 Å². The molecule has 0 saturated carbocycles. The number of hydrogen-bond acceptors (Lipinski definition) is 2. The van der Waals surface area contributed by atoms with Gasteiger partial charge in [0.15, 0.2) is 6.17 Å². The van der Waals surface area contributed by atoms with E-state index >= 15 is 0 Å². The lowest BCUT2D eigenvalue weighted by Crippen LogP contribution is -2.40. The average Bonchev–Trinajstić information content (AvgIpc) is 2.19. The summed E-state index contributed by atoms with van der Waals surface area (Å²) < 4.78 is 74.3. The van der Waals surface area contributed by atoms with E-state index in [2.05, 4.69) is 12.6 Å². The average molecular weight is 275 g/mol. The van der Waals surface area contributed by atoms with E-state index < -0.39 is 23.8 Å². The third kappa shape index (κ3) is 2.62. The van der Waals surface area contributed by atoms with Crippen molar-refractivity contribution < 1.29 is 26.3 Å². The number of halogens is 6. The van der Waals surface area contributed by atoms with Gasteiger partial charge in [0.25, 0.3) is 0 Å². The smallest absolute Gasteiger partial charge is 0.398 e. The number of rotatable bonds is 2. The fraction of sp³-hybridized carbons (Fsp3) is 0.333. The van der Waals surface area contributed by atoms with Crippen LogP contribution >= 0.6 is 12.6 Å². The Morgan fingerprint density at radius 1 is 1.12 bits per heavy atom. The molecule has 2 N–H and O–H groups in total. The monoisotopic (exact) mass is 275 g/mol. The second-order valence-corrected chi connectivity index (χ2v) is 3.78. The Bertz CT molecular complexity index is 416. The van der Waals surface area contributed by atoms with Crippen LogP contribution in [0.2, 0.25) is 0 Å². The molecule has 0 radical (unpaired) electrons. The van der Waals surface area contributed by atoms with E-state index in [1.165, 1.54) is 0 Å². The number of nitrogens with two attached hydrogens (primary N) is 1. The van der Waals surface area contributed by atoms with Crippen molar-refractivity contribution >= 4 is 18.3 Å². The van der Waals surface area contributed by atoms with Crippen molar-refractivity contribution in [2.75, 3.05) is 5.73 Å². The van der Waals surface area contributed by atoms with Gasteiger partial charge in [0, 0.05) is 10.6 Å². The van der Waals surface area contributed by atoms with Crippen LogP contribution in [0.5, 0.6) is 0 Å². The molecule has 0 bridgehead atoms.